The van der Waals surface area contributed by atoms with Crippen LogP contribution in [0, 0.1) is 11.8 Å². The average Bonchev–Trinajstić information content (AvgIpc) is 2.87. The lowest BCUT2D eigenvalue weighted by Crippen LogP contribution is -2.54. The van der Waals surface area contributed by atoms with Crippen molar-refractivity contribution >= 4 is 27.7 Å². The van der Waals surface area contributed by atoms with E-state index in [0.29, 0.717) is 42.4 Å². The van der Waals surface area contributed by atoms with Crippen LogP contribution in [0.3, 0.4) is 0 Å². The number of nitrogens with one attached hydrogen (secondary N) is 3. The molecule has 0 radical (unpaired) electrons. The first-order valence-electron chi connectivity index (χ1n) is 13.7. The Labute approximate surface area is 228 Å². The number of sulfonamides is 1. The molecule has 1 aliphatic carbocycles. The summed E-state index contributed by atoms with van der Waals surface area (Å²) in [7, 11) is -1.39. The van der Waals surface area contributed by atoms with Crippen molar-refractivity contribution in [2.75, 3.05) is 39.5 Å². The molecule has 1 aromatic carbocycles. The fraction of sp³-hybridized carbons (Fsp3) is 0.741. The van der Waals surface area contributed by atoms with E-state index in [2.05, 4.69) is 15.4 Å². The predicted octanol–water partition coefficient (Wildman–Crippen LogP) is 3.84. The molecular formula is C27H45ClN4O4S. The maximum atomic E-state index is 13.4. The number of amides is 2. The Bertz CT molecular complexity index is 973. The van der Waals surface area contributed by atoms with Gasteiger partial charge in [-0.15, -0.1) is 0 Å². The van der Waals surface area contributed by atoms with E-state index < -0.39 is 15.6 Å². The minimum atomic E-state index is -3.30. The van der Waals surface area contributed by atoms with Gasteiger partial charge < -0.3 is 20.6 Å². The van der Waals surface area contributed by atoms with Crippen molar-refractivity contribution in [3.05, 3.63) is 34.9 Å². The van der Waals surface area contributed by atoms with Gasteiger partial charge in [-0.1, -0.05) is 55.8 Å². The Morgan fingerprint density at radius 3 is 2.65 bits per heavy atom. The third-order valence-electron chi connectivity index (χ3n) is 7.93. The van der Waals surface area contributed by atoms with E-state index >= 15 is 0 Å². The van der Waals surface area contributed by atoms with Gasteiger partial charge in [0.15, 0.2) is 0 Å². The van der Waals surface area contributed by atoms with Crippen LogP contribution >= 0.6 is 11.6 Å². The zero-order chi connectivity index (χ0) is 26.9. The fourth-order valence-electron chi connectivity index (χ4n) is 6.04. The maximum absolute atomic E-state index is 13.4. The molecular weight excluding hydrogens is 512 g/mol. The van der Waals surface area contributed by atoms with Crippen LogP contribution in [0.1, 0.15) is 69.8 Å². The lowest BCUT2D eigenvalue weighted by atomic mass is 9.74. The van der Waals surface area contributed by atoms with Crippen LogP contribution in [0.15, 0.2) is 24.3 Å². The first-order chi connectivity index (χ1) is 17.6. The quantitative estimate of drug-likeness (QED) is 0.292. The number of aliphatic hydroxyl groups is 1. The van der Waals surface area contributed by atoms with Gasteiger partial charge in [-0.3, -0.25) is 0 Å². The summed E-state index contributed by atoms with van der Waals surface area (Å²) in [4.78, 5) is 15.2. The van der Waals surface area contributed by atoms with Gasteiger partial charge in [0.2, 0.25) is 10.0 Å². The highest BCUT2D eigenvalue weighted by Gasteiger charge is 2.41. The van der Waals surface area contributed by atoms with Crippen LogP contribution in [0.2, 0.25) is 5.02 Å². The first kappa shape index (κ1) is 30.2. The molecule has 1 heterocycles. The normalized spacial score (nSPS) is 21.8. The number of carbonyl (C=O) groups excluding carboxylic acids is 1. The highest BCUT2D eigenvalue weighted by atomic mass is 35.5. The molecule has 0 spiro atoms. The van der Waals surface area contributed by atoms with Crippen LogP contribution in [0.5, 0.6) is 0 Å². The third kappa shape index (κ3) is 9.39. The number of halogens is 1. The lowest BCUT2D eigenvalue weighted by molar-refractivity contribution is -0.0551. The first-order valence-corrected chi connectivity index (χ1v) is 16.0. The van der Waals surface area contributed by atoms with Gasteiger partial charge in [0, 0.05) is 43.2 Å². The van der Waals surface area contributed by atoms with E-state index in [1.807, 2.05) is 24.1 Å². The maximum Gasteiger partial charge on any atom is 0.317 e. The van der Waals surface area contributed by atoms with Crippen LogP contribution < -0.4 is 15.4 Å². The molecule has 1 aliphatic heterocycles. The van der Waals surface area contributed by atoms with E-state index in [4.69, 9.17) is 11.6 Å². The Balaban J connectivity index is 1.69. The highest BCUT2D eigenvalue weighted by Crippen LogP contribution is 2.40. The lowest BCUT2D eigenvalue weighted by Gasteiger charge is -2.43. The highest BCUT2D eigenvalue weighted by molar-refractivity contribution is 7.88. The standard InChI is InChI=1S/C27H45ClN4O4S/c1-29-19-25(17-21-9-4-3-5-10-21)31-26(33)32-16-7-12-23(20-32)27(34,14-8-15-30-37(2,35)36)22-11-6-13-24(28)18-22/h6,11,13,18,21,23,25,29-30,34H,3-5,7-10,12,14-17,19-20H2,1-2H3,(H,31,33). The Morgan fingerprint density at radius 2 is 1.97 bits per heavy atom. The Hall–Kier alpha value is -1.39. The number of likely N-dealkylation sites (N-methyl/N-ethyl adjacent to an activating group) is 1. The molecule has 3 rings (SSSR count). The molecule has 2 amide bonds. The largest absolute Gasteiger partial charge is 0.385 e. The Morgan fingerprint density at radius 1 is 1.22 bits per heavy atom. The summed E-state index contributed by atoms with van der Waals surface area (Å²) in [6.45, 7) is 2.06. The molecule has 1 aromatic rings. The van der Waals surface area contributed by atoms with Crippen molar-refractivity contribution < 1.29 is 18.3 Å². The number of hydrogen-bond donors (Lipinski definition) is 4. The smallest absolute Gasteiger partial charge is 0.317 e. The second-order valence-corrected chi connectivity index (χ2v) is 13.2. The molecule has 3 atom stereocenters. The van der Waals surface area contributed by atoms with Crippen molar-refractivity contribution in [1.29, 1.82) is 0 Å². The monoisotopic (exact) mass is 556 g/mol. The summed E-state index contributed by atoms with van der Waals surface area (Å²) >= 11 is 6.27. The molecule has 2 aliphatic rings. The van der Waals surface area contributed by atoms with Crippen molar-refractivity contribution in [3.8, 4) is 0 Å². The second kappa shape index (κ2) is 14.1. The van der Waals surface area contributed by atoms with Crippen LogP contribution in [0.25, 0.3) is 0 Å². The van der Waals surface area contributed by atoms with Crippen molar-refractivity contribution in [1.82, 2.24) is 20.3 Å². The van der Waals surface area contributed by atoms with Gasteiger partial charge in [0.1, 0.15) is 0 Å². The van der Waals surface area contributed by atoms with E-state index in [9.17, 15) is 18.3 Å². The minimum Gasteiger partial charge on any atom is -0.385 e. The fourth-order valence-corrected chi connectivity index (χ4v) is 6.75. The van der Waals surface area contributed by atoms with Crippen LogP contribution in [-0.2, 0) is 15.6 Å². The summed E-state index contributed by atoms with van der Waals surface area (Å²) in [6, 6.07) is 7.23. The number of likely N-dealkylation sites (tertiary alicyclic amines) is 1. The number of carbonyl (C=O) groups is 1. The van der Waals surface area contributed by atoms with Crippen LogP contribution in [0.4, 0.5) is 4.79 Å². The Kier molecular flexibility index (Phi) is 11.5. The zero-order valence-corrected chi connectivity index (χ0v) is 23.9. The third-order valence-corrected chi connectivity index (χ3v) is 8.89. The molecule has 37 heavy (non-hydrogen) atoms. The van der Waals surface area contributed by atoms with Crippen molar-refractivity contribution in [2.45, 2.75) is 75.9 Å². The van der Waals surface area contributed by atoms with E-state index in [0.717, 1.165) is 32.1 Å². The number of nitrogens with zero attached hydrogens (tertiary/aromatic N) is 1. The molecule has 1 saturated carbocycles. The summed E-state index contributed by atoms with van der Waals surface area (Å²) < 4.78 is 25.5. The van der Waals surface area contributed by atoms with Crippen LogP contribution in [-0.4, -0.2) is 70.0 Å². The van der Waals surface area contributed by atoms with Gasteiger partial charge >= 0.3 is 6.03 Å². The summed E-state index contributed by atoms with van der Waals surface area (Å²) in [5, 5.41) is 19.1. The number of piperidine rings is 1. The number of benzene rings is 1. The SMILES string of the molecule is CNCC(CC1CCCCC1)NC(=O)N1CCCC(C(O)(CCCNS(C)(=O)=O)c2cccc(Cl)c2)C1. The van der Waals surface area contributed by atoms with Gasteiger partial charge in [-0.2, -0.15) is 0 Å². The van der Waals surface area contributed by atoms with E-state index in [-0.39, 0.29) is 24.5 Å². The molecule has 10 heteroatoms. The molecule has 0 bridgehead atoms. The molecule has 8 nitrogen and oxygen atoms in total. The molecule has 2 fully saturated rings. The van der Waals surface area contributed by atoms with Crippen molar-refractivity contribution in [2.24, 2.45) is 11.8 Å². The molecule has 1 saturated heterocycles. The molecule has 3 unspecified atom stereocenters. The summed E-state index contributed by atoms with van der Waals surface area (Å²) in [6.07, 6.45) is 10.9. The van der Waals surface area contributed by atoms with E-state index in [1.165, 1.54) is 32.1 Å². The average molecular weight is 557 g/mol. The topological polar surface area (TPSA) is 111 Å². The second-order valence-electron chi connectivity index (χ2n) is 10.9. The van der Waals surface area contributed by atoms with Gasteiger partial charge in [0.05, 0.1) is 11.9 Å². The summed E-state index contributed by atoms with van der Waals surface area (Å²) in [5.74, 6) is 0.472. The molecule has 0 aromatic heterocycles. The zero-order valence-electron chi connectivity index (χ0n) is 22.3. The van der Waals surface area contributed by atoms with Gasteiger partial charge in [-0.25, -0.2) is 17.9 Å². The van der Waals surface area contributed by atoms with Gasteiger partial charge in [0.25, 0.3) is 0 Å². The number of hydrogen-bond acceptors (Lipinski definition) is 5. The number of urea groups is 1. The van der Waals surface area contributed by atoms with Crippen molar-refractivity contribution in [3.63, 3.8) is 0 Å². The molecule has 4 N–H and O–H groups in total. The van der Waals surface area contributed by atoms with E-state index in [1.54, 1.807) is 12.1 Å². The number of rotatable bonds is 12. The minimum absolute atomic E-state index is 0.0760. The molecule has 210 valence electrons. The van der Waals surface area contributed by atoms with Gasteiger partial charge in [-0.05, 0) is 62.8 Å². The summed E-state index contributed by atoms with van der Waals surface area (Å²) in [5.41, 5.74) is -0.521. The predicted molar refractivity (Wildman–Crippen MR) is 149 cm³/mol.